The molecule has 0 unspecified atom stereocenters. The van der Waals surface area contributed by atoms with Crippen LogP contribution in [-0.4, -0.2) is 32.3 Å². The second-order valence-electron chi connectivity index (χ2n) is 7.73. The van der Waals surface area contributed by atoms with Crippen LogP contribution in [0.5, 0.6) is 0 Å². The monoisotopic (exact) mass is 517 g/mol. The summed E-state index contributed by atoms with van der Waals surface area (Å²) in [5.41, 5.74) is 0.931. The van der Waals surface area contributed by atoms with Crippen molar-refractivity contribution in [1.29, 1.82) is 0 Å². The molecule has 3 aromatic rings. The minimum absolute atomic E-state index is 0.0144. The smallest absolute Gasteiger partial charge is 0.253 e. The number of carbonyl (C=O) groups is 2. The predicted octanol–water partition coefficient (Wildman–Crippen LogP) is 5.63. The van der Waals surface area contributed by atoms with E-state index in [4.69, 9.17) is 23.2 Å². The van der Waals surface area contributed by atoms with Gasteiger partial charge in [0.05, 0.1) is 33.1 Å². The van der Waals surface area contributed by atoms with Gasteiger partial charge in [-0.1, -0.05) is 79.2 Å². The minimum atomic E-state index is -0.428. The van der Waals surface area contributed by atoms with Crippen molar-refractivity contribution in [3.8, 4) is 0 Å². The van der Waals surface area contributed by atoms with Gasteiger partial charge in [-0.3, -0.25) is 9.59 Å². The highest BCUT2D eigenvalue weighted by atomic mass is 35.5. The Morgan fingerprint density at radius 3 is 2.41 bits per heavy atom. The first kappa shape index (κ1) is 25.8. The number of benzene rings is 2. The van der Waals surface area contributed by atoms with Gasteiger partial charge in [-0.05, 0) is 30.2 Å². The van der Waals surface area contributed by atoms with Crippen LogP contribution in [-0.2, 0) is 11.3 Å². The van der Waals surface area contributed by atoms with E-state index in [1.807, 2.05) is 18.4 Å². The number of para-hydroxylation sites is 1. The van der Waals surface area contributed by atoms with E-state index in [9.17, 15) is 9.59 Å². The second kappa shape index (κ2) is 12.1. The van der Waals surface area contributed by atoms with E-state index >= 15 is 0 Å². The lowest BCUT2D eigenvalue weighted by molar-refractivity contribution is -0.113. The van der Waals surface area contributed by atoms with Gasteiger partial charge in [-0.25, -0.2) is 0 Å². The summed E-state index contributed by atoms with van der Waals surface area (Å²) in [5.74, 6) is 0.176. The molecule has 0 aliphatic heterocycles. The highest BCUT2D eigenvalue weighted by Gasteiger charge is 2.27. The highest BCUT2D eigenvalue weighted by Crippen LogP contribution is 2.27. The lowest BCUT2D eigenvalue weighted by Gasteiger charge is -2.23. The van der Waals surface area contributed by atoms with Crippen LogP contribution in [0.15, 0.2) is 66.3 Å². The lowest BCUT2D eigenvalue weighted by atomic mass is 10.0. The summed E-state index contributed by atoms with van der Waals surface area (Å²) in [5, 5.41) is 15.8. The molecule has 0 bridgehead atoms. The largest absolute Gasteiger partial charge is 0.342 e. The molecule has 2 N–H and O–H groups in total. The molecule has 3 rings (SSSR count). The fourth-order valence-corrected chi connectivity index (χ4v) is 4.37. The van der Waals surface area contributed by atoms with E-state index in [1.54, 1.807) is 54.6 Å². The Morgan fingerprint density at radius 2 is 1.76 bits per heavy atom. The van der Waals surface area contributed by atoms with Gasteiger partial charge in [-0.2, -0.15) is 0 Å². The number of aromatic nitrogens is 3. The standard InChI is InChI=1S/C24H25Cl2N5O2S/c1-4-13-31-22(21(15(2)3)28-23(33)16-9-5-6-10-17(16)25)29-30-24(31)34-14-20(32)27-19-12-8-7-11-18(19)26/h4-12,15,21H,1,13-14H2,2-3H3,(H,27,32)(H,28,33)/t21-/m0/s1. The quantitative estimate of drug-likeness (QED) is 0.268. The first-order chi connectivity index (χ1) is 16.3. The topological polar surface area (TPSA) is 88.9 Å². The van der Waals surface area contributed by atoms with Crippen molar-refractivity contribution in [1.82, 2.24) is 20.1 Å². The highest BCUT2D eigenvalue weighted by molar-refractivity contribution is 7.99. The Hall–Kier alpha value is -2.81. The molecule has 1 atom stereocenters. The molecule has 0 aliphatic rings. The first-order valence-electron chi connectivity index (χ1n) is 10.6. The number of nitrogens with zero attached hydrogens (tertiary/aromatic N) is 3. The Labute approximate surface area is 212 Å². The molecule has 1 aromatic heterocycles. The number of amides is 2. The van der Waals surface area contributed by atoms with Crippen molar-refractivity contribution in [3.05, 3.63) is 82.6 Å². The zero-order valence-electron chi connectivity index (χ0n) is 18.8. The predicted molar refractivity (Wildman–Crippen MR) is 138 cm³/mol. The van der Waals surface area contributed by atoms with Crippen LogP contribution >= 0.6 is 35.0 Å². The summed E-state index contributed by atoms with van der Waals surface area (Å²) in [4.78, 5) is 25.4. The lowest BCUT2D eigenvalue weighted by Crippen LogP contribution is -2.34. The third-order valence-electron chi connectivity index (χ3n) is 4.89. The minimum Gasteiger partial charge on any atom is -0.342 e. The number of halogens is 2. The van der Waals surface area contributed by atoms with E-state index < -0.39 is 6.04 Å². The Kier molecular flexibility index (Phi) is 9.15. The van der Waals surface area contributed by atoms with E-state index in [-0.39, 0.29) is 23.5 Å². The summed E-state index contributed by atoms with van der Waals surface area (Å²) in [6.45, 7) is 8.20. The molecule has 1 heterocycles. The van der Waals surface area contributed by atoms with E-state index in [2.05, 4.69) is 27.4 Å². The van der Waals surface area contributed by atoms with Crippen LogP contribution in [0.1, 0.15) is 36.1 Å². The van der Waals surface area contributed by atoms with Gasteiger partial charge >= 0.3 is 0 Å². The van der Waals surface area contributed by atoms with Crippen LogP contribution < -0.4 is 10.6 Å². The number of thioether (sulfide) groups is 1. The maximum Gasteiger partial charge on any atom is 0.253 e. The van der Waals surface area contributed by atoms with Crippen LogP contribution in [0.2, 0.25) is 10.0 Å². The molecule has 0 fully saturated rings. The normalized spacial score (nSPS) is 11.8. The molecule has 0 spiro atoms. The van der Waals surface area contributed by atoms with Crippen LogP contribution in [0.3, 0.4) is 0 Å². The van der Waals surface area contributed by atoms with Gasteiger partial charge in [-0.15, -0.1) is 16.8 Å². The maximum atomic E-state index is 12.9. The van der Waals surface area contributed by atoms with Gasteiger partial charge < -0.3 is 15.2 Å². The van der Waals surface area contributed by atoms with E-state index in [1.165, 1.54) is 11.8 Å². The van der Waals surface area contributed by atoms with Crippen molar-refractivity contribution in [2.45, 2.75) is 31.6 Å². The summed E-state index contributed by atoms with van der Waals surface area (Å²) >= 11 is 13.5. The molecular formula is C24H25Cl2N5O2S. The summed E-state index contributed by atoms with van der Waals surface area (Å²) in [7, 11) is 0. The van der Waals surface area contributed by atoms with Gasteiger partial charge in [0.15, 0.2) is 11.0 Å². The van der Waals surface area contributed by atoms with E-state index in [0.29, 0.717) is 38.8 Å². The van der Waals surface area contributed by atoms with Crippen molar-refractivity contribution in [2.24, 2.45) is 5.92 Å². The molecule has 10 heteroatoms. The number of rotatable bonds is 10. The molecule has 2 amide bonds. The first-order valence-corrected chi connectivity index (χ1v) is 12.3. The molecule has 2 aromatic carbocycles. The van der Waals surface area contributed by atoms with Crippen molar-refractivity contribution < 1.29 is 9.59 Å². The molecule has 0 saturated heterocycles. The third kappa shape index (κ3) is 6.40. The fraction of sp³-hybridized carbons (Fsp3) is 0.250. The summed E-state index contributed by atoms with van der Waals surface area (Å²) in [6.07, 6.45) is 1.72. The van der Waals surface area contributed by atoms with Crippen molar-refractivity contribution in [2.75, 3.05) is 11.1 Å². The average molecular weight is 518 g/mol. The number of hydrogen-bond acceptors (Lipinski definition) is 5. The summed E-state index contributed by atoms with van der Waals surface area (Å²) in [6, 6.07) is 13.5. The molecule has 178 valence electrons. The molecule has 0 radical (unpaired) electrons. The van der Waals surface area contributed by atoms with Crippen LogP contribution in [0.25, 0.3) is 0 Å². The van der Waals surface area contributed by atoms with Gasteiger partial charge in [0.25, 0.3) is 5.91 Å². The number of nitrogens with one attached hydrogen (secondary N) is 2. The Morgan fingerprint density at radius 1 is 1.09 bits per heavy atom. The number of hydrogen-bond donors (Lipinski definition) is 2. The zero-order valence-corrected chi connectivity index (χ0v) is 21.1. The van der Waals surface area contributed by atoms with Gasteiger partial charge in [0, 0.05) is 6.54 Å². The number of allylic oxidation sites excluding steroid dienone is 1. The average Bonchev–Trinajstić information content (AvgIpc) is 3.20. The zero-order chi connectivity index (χ0) is 24.7. The maximum absolute atomic E-state index is 12.9. The third-order valence-corrected chi connectivity index (χ3v) is 6.51. The molecule has 0 aliphatic carbocycles. The van der Waals surface area contributed by atoms with Crippen LogP contribution in [0.4, 0.5) is 5.69 Å². The van der Waals surface area contributed by atoms with Crippen LogP contribution in [0, 0.1) is 5.92 Å². The SMILES string of the molecule is C=CCn1c(SCC(=O)Nc2ccccc2Cl)nnc1[C@@H](NC(=O)c1ccccc1Cl)C(C)C. The Balaban J connectivity index is 1.77. The Bertz CT molecular complexity index is 1180. The van der Waals surface area contributed by atoms with Gasteiger partial charge in [0.2, 0.25) is 5.91 Å². The second-order valence-corrected chi connectivity index (χ2v) is 9.49. The summed E-state index contributed by atoms with van der Waals surface area (Å²) < 4.78 is 1.85. The van der Waals surface area contributed by atoms with Crippen molar-refractivity contribution in [3.63, 3.8) is 0 Å². The van der Waals surface area contributed by atoms with Crippen molar-refractivity contribution >= 4 is 52.5 Å². The number of carbonyl (C=O) groups excluding carboxylic acids is 2. The fourth-order valence-electron chi connectivity index (χ4n) is 3.21. The number of anilines is 1. The van der Waals surface area contributed by atoms with E-state index in [0.717, 1.165) is 0 Å². The molecular weight excluding hydrogens is 493 g/mol. The molecule has 7 nitrogen and oxygen atoms in total. The molecule has 0 saturated carbocycles. The van der Waals surface area contributed by atoms with Gasteiger partial charge in [0.1, 0.15) is 0 Å². The molecule has 34 heavy (non-hydrogen) atoms.